The first kappa shape index (κ1) is 31.7. The molecule has 3 heteroatoms. The molecule has 0 amide bonds. The topological polar surface area (TPSA) is 12.6 Å². The Balaban J connectivity index is 1.05. The van der Waals surface area contributed by atoms with Crippen molar-refractivity contribution in [3.8, 4) is 27.9 Å². The molecule has 0 radical (unpaired) electrons. The molecule has 0 spiro atoms. The van der Waals surface area contributed by atoms with Gasteiger partial charge in [-0.05, 0) is 107 Å². The minimum absolute atomic E-state index is 1.11. The molecule has 3 aromatic heterocycles. The first-order chi connectivity index (χ1) is 28.3. The zero-order valence-electron chi connectivity index (χ0n) is 31.0. The van der Waals surface area contributed by atoms with Crippen LogP contribution in [0.3, 0.4) is 0 Å². The van der Waals surface area contributed by atoms with E-state index in [0.717, 1.165) is 17.1 Å². The number of hydrogen-bond donors (Lipinski definition) is 0. The fourth-order valence-electron chi connectivity index (χ4n) is 9.32. The summed E-state index contributed by atoms with van der Waals surface area (Å²) in [4.78, 5) is 2.33. The summed E-state index contributed by atoms with van der Waals surface area (Å²) in [6.45, 7) is 0. The maximum absolute atomic E-state index is 2.52. The molecule has 0 saturated heterocycles. The third-order valence-electron chi connectivity index (χ3n) is 11.8. The molecule has 57 heavy (non-hydrogen) atoms. The molecule has 0 saturated carbocycles. The SMILES string of the molecule is c1ccc(-c2ccc(N(c3ccccc3)c3ccc(-c4ccc5c(c4)c4cccc6c4c4c(ccc7c8ccccc8n5c74)n6-c4ccccc4)cc3)cc2)cc1. The quantitative estimate of drug-likeness (QED) is 0.166. The molecule has 0 atom stereocenters. The number of aromatic nitrogens is 2. The van der Waals surface area contributed by atoms with Gasteiger partial charge < -0.3 is 13.9 Å². The van der Waals surface area contributed by atoms with Gasteiger partial charge >= 0.3 is 0 Å². The summed E-state index contributed by atoms with van der Waals surface area (Å²) >= 11 is 0. The molecule has 0 aliphatic heterocycles. The molecule has 0 aliphatic carbocycles. The van der Waals surface area contributed by atoms with Gasteiger partial charge in [-0.1, -0.05) is 133 Å². The smallest absolute Gasteiger partial charge is 0.0641 e. The lowest BCUT2D eigenvalue weighted by molar-refractivity contribution is 1.18. The predicted octanol–water partition coefficient (Wildman–Crippen LogP) is 14.7. The Hall–Kier alpha value is -7.62. The molecular formula is C54H35N3. The largest absolute Gasteiger partial charge is 0.311 e. The minimum Gasteiger partial charge on any atom is -0.311 e. The lowest BCUT2D eigenvalue weighted by atomic mass is 9.99. The fourth-order valence-corrected chi connectivity index (χ4v) is 9.32. The van der Waals surface area contributed by atoms with Gasteiger partial charge in [0.2, 0.25) is 0 Å². The zero-order chi connectivity index (χ0) is 37.5. The number of fused-ring (bicyclic) bond motifs is 6. The van der Waals surface area contributed by atoms with E-state index in [2.05, 4.69) is 226 Å². The summed E-state index contributed by atoms with van der Waals surface area (Å²) in [5.74, 6) is 0. The third kappa shape index (κ3) is 4.79. The Morgan fingerprint density at radius 2 is 0.807 bits per heavy atom. The third-order valence-corrected chi connectivity index (χ3v) is 11.8. The molecule has 0 N–H and O–H groups in total. The van der Waals surface area contributed by atoms with E-state index in [4.69, 9.17) is 0 Å². The van der Waals surface area contributed by atoms with Crippen LogP contribution in [0.15, 0.2) is 212 Å². The number of hydrogen-bond acceptors (Lipinski definition) is 1. The van der Waals surface area contributed by atoms with Crippen LogP contribution in [0.1, 0.15) is 0 Å². The molecule has 12 rings (SSSR count). The van der Waals surface area contributed by atoms with Crippen molar-refractivity contribution in [2.45, 2.75) is 0 Å². The van der Waals surface area contributed by atoms with Gasteiger partial charge in [0.1, 0.15) is 0 Å². The molecule has 9 aromatic carbocycles. The molecule has 12 aromatic rings. The summed E-state index contributed by atoms with van der Waals surface area (Å²) < 4.78 is 4.96. The summed E-state index contributed by atoms with van der Waals surface area (Å²) in [6.07, 6.45) is 0. The Bertz CT molecular complexity index is 3420. The monoisotopic (exact) mass is 725 g/mol. The first-order valence-corrected chi connectivity index (χ1v) is 19.6. The number of rotatable bonds is 6. The van der Waals surface area contributed by atoms with Crippen molar-refractivity contribution in [1.82, 2.24) is 8.97 Å². The number of benzene rings is 9. The zero-order valence-corrected chi connectivity index (χ0v) is 31.0. The molecule has 0 bridgehead atoms. The van der Waals surface area contributed by atoms with Crippen LogP contribution in [0.5, 0.6) is 0 Å². The van der Waals surface area contributed by atoms with Gasteiger partial charge in [0.15, 0.2) is 0 Å². The molecule has 0 unspecified atom stereocenters. The Morgan fingerprint density at radius 3 is 1.54 bits per heavy atom. The van der Waals surface area contributed by atoms with E-state index in [9.17, 15) is 0 Å². The predicted molar refractivity (Wildman–Crippen MR) is 241 cm³/mol. The van der Waals surface area contributed by atoms with Gasteiger partial charge in [-0.3, -0.25) is 0 Å². The number of nitrogens with zero attached hydrogens (tertiary/aromatic N) is 3. The van der Waals surface area contributed by atoms with E-state index in [-0.39, 0.29) is 0 Å². The van der Waals surface area contributed by atoms with E-state index < -0.39 is 0 Å². The van der Waals surface area contributed by atoms with Crippen molar-refractivity contribution >= 4 is 77.0 Å². The minimum atomic E-state index is 1.11. The van der Waals surface area contributed by atoms with Crippen LogP contribution in [-0.2, 0) is 0 Å². The fraction of sp³-hybridized carbons (Fsp3) is 0. The van der Waals surface area contributed by atoms with Gasteiger partial charge in [-0.25, -0.2) is 0 Å². The lowest BCUT2D eigenvalue weighted by Crippen LogP contribution is -2.09. The summed E-state index contributed by atoms with van der Waals surface area (Å²) in [6, 6.07) is 77.3. The van der Waals surface area contributed by atoms with Crippen LogP contribution < -0.4 is 4.90 Å². The van der Waals surface area contributed by atoms with Crippen molar-refractivity contribution in [3.05, 3.63) is 212 Å². The molecular weight excluding hydrogens is 691 g/mol. The number of anilines is 3. The highest BCUT2D eigenvalue weighted by atomic mass is 15.1. The normalized spacial score (nSPS) is 11.9. The first-order valence-electron chi connectivity index (χ1n) is 19.6. The van der Waals surface area contributed by atoms with Gasteiger partial charge in [-0.2, -0.15) is 0 Å². The Labute approximate surface area is 329 Å². The van der Waals surface area contributed by atoms with Crippen LogP contribution >= 0.6 is 0 Å². The van der Waals surface area contributed by atoms with Crippen LogP contribution in [0.4, 0.5) is 17.1 Å². The van der Waals surface area contributed by atoms with Crippen molar-refractivity contribution in [2.24, 2.45) is 0 Å². The maximum Gasteiger partial charge on any atom is 0.0641 e. The average Bonchev–Trinajstić information content (AvgIpc) is 3.76. The Kier molecular flexibility index (Phi) is 6.93. The van der Waals surface area contributed by atoms with Crippen molar-refractivity contribution in [3.63, 3.8) is 0 Å². The standard InChI is InChI=1S/C54H35N3/c1-4-13-36(14-5-1)37-23-28-42(29-24-37)55(40-15-6-2-7-16-40)43-30-25-38(26-31-43)39-27-33-49-47(35-39)45-20-12-22-50-52(45)53-51(56(50)41-17-8-3-9-18-41)34-32-46-44-19-10-11-21-48(44)57(49)54(46)53/h1-35H. The van der Waals surface area contributed by atoms with E-state index in [1.54, 1.807) is 0 Å². The molecule has 0 aliphatic rings. The second-order valence-electron chi connectivity index (χ2n) is 14.9. The van der Waals surface area contributed by atoms with Crippen LogP contribution in [0, 0.1) is 0 Å². The summed E-state index contributed by atoms with van der Waals surface area (Å²) in [5, 5.41) is 7.66. The lowest BCUT2D eigenvalue weighted by Gasteiger charge is -2.26. The van der Waals surface area contributed by atoms with Gasteiger partial charge in [0, 0.05) is 49.7 Å². The summed E-state index contributed by atoms with van der Waals surface area (Å²) in [5.41, 5.74) is 15.5. The molecule has 266 valence electrons. The van der Waals surface area contributed by atoms with Crippen LogP contribution in [0.25, 0.3) is 87.8 Å². The highest BCUT2D eigenvalue weighted by molar-refractivity contribution is 6.33. The van der Waals surface area contributed by atoms with E-state index >= 15 is 0 Å². The summed E-state index contributed by atoms with van der Waals surface area (Å²) in [7, 11) is 0. The van der Waals surface area contributed by atoms with Crippen LogP contribution in [0.2, 0.25) is 0 Å². The molecule has 3 nitrogen and oxygen atoms in total. The maximum atomic E-state index is 2.52. The van der Waals surface area contributed by atoms with Crippen molar-refractivity contribution < 1.29 is 0 Å². The van der Waals surface area contributed by atoms with Crippen LogP contribution in [-0.4, -0.2) is 8.97 Å². The second kappa shape index (κ2) is 12.5. The van der Waals surface area contributed by atoms with E-state index in [1.165, 1.54) is 87.8 Å². The highest BCUT2D eigenvalue weighted by Gasteiger charge is 2.23. The van der Waals surface area contributed by atoms with Gasteiger partial charge in [0.25, 0.3) is 0 Å². The molecule has 0 fully saturated rings. The average molecular weight is 726 g/mol. The highest BCUT2D eigenvalue weighted by Crippen LogP contribution is 2.46. The van der Waals surface area contributed by atoms with Gasteiger partial charge in [0.05, 0.1) is 27.6 Å². The van der Waals surface area contributed by atoms with Gasteiger partial charge in [-0.15, -0.1) is 0 Å². The number of para-hydroxylation sites is 3. The Morgan fingerprint density at radius 1 is 0.298 bits per heavy atom. The molecule has 3 heterocycles. The second-order valence-corrected chi connectivity index (χ2v) is 14.9. The van der Waals surface area contributed by atoms with E-state index in [1.807, 2.05) is 0 Å². The van der Waals surface area contributed by atoms with Crippen molar-refractivity contribution in [2.75, 3.05) is 4.90 Å². The van der Waals surface area contributed by atoms with Crippen molar-refractivity contribution in [1.29, 1.82) is 0 Å². The van der Waals surface area contributed by atoms with E-state index in [0.29, 0.717) is 0 Å².